The Bertz CT molecular complexity index is 793. The average Bonchev–Trinajstić information content (AvgIpc) is 2.87. The molecule has 1 heterocycles. The number of hydrogen-bond acceptors (Lipinski definition) is 6. The molecule has 0 saturated heterocycles. The lowest BCUT2D eigenvalue weighted by Crippen LogP contribution is -2.12. The van der Waals surface area contributed by atoms with E-state index in [1.165, 1.54) is 57.3 Å². The zero-order valence-electron chi connectivity index (χ0n) is 21.3. The van der Waals surface area contributed by atoms with Crippen molar-refractivity contribution in [2.45, 2.75) is 78.6 Å². The molecule has 0 fully saturated rings. The van der Waals surface area contributed by atoms with Crippen molar-refractivity contribution in [2.24, 2.45) is 5.92 Å². The van der Waals surface area contributed by atoms with E-state index in [1.54, 1.807) is 0 Å². The minimum absolute atomic E-state index is 0.230. The van der Waals surface area contributed by atoms with Gasteiger partial charge in [0, 0.05) is 24.6 Å². The summed E-state index contributed by atoms with van der Waals surface area (Å²) in [7, 11) is 0. The third kappa shape index (κ3) is 11.1. The van der Waals surface area contributed by atoms with Crippen LogP contribution in [0.3, 0.4) is 0 Å². The molecule has 0 aliphatic rings. The molecule has 0 aliphatic carbocycles. The van der Waals surface area contributed by atoms with E-state index in [-0.39, 0.29) is 6.61 Å². The Hall–Kier alpha value is -2.47. The Labute approximate surface area is 205 Å². The van der Waals surface area contributed by atoms with Crippen LogP contribution in [0.2, 0.25) is 0 Å². The normalized spacial score (nSPS) is 11.9. The van der Waals surface area contributed by atoms with Gasteiger partial charge in [0.15, 0.2) is 5.82 Å². The molecule has 1 aromatic carbocycles. The molecule has 2 rings (SSSR count). The maximum absolute atomic E-state index is 12.2. The minimum atomic E-state index is -0.436. The SMILES string of the molecule is CCCCCCOCCOC(=O)c1cnc(-c2ccc(OCCCCCC(C)CC)cc2)nc1. The highest BCUT2D eigenvalue weighted by molar-refractivity contribution is 5.88. The van der Waals surface area contributed by atoms with Crippen molar-refractivity contribution in [3.8, 4) is 17.1 Å². The van der Waals surface area contributed by atoms with Crippen LogP contribution < -0.4 is 4.74 Å². The van der Waals surface area contributed by atoms with E-state index in [0.29, 0.717) is 24.6 Å². The molecule has 34 heavy (non-hydrogen) atoms. The lowest BCUT2D eigenvalue weighted by atomic mass is 10.0. The minimum Gasteiger partial charge on any atom is -0.494 e. The fourth-order valence-electron chi connectivity index (χ4n) is 3.46. The molecule has 0 spiro atoms. The monoisotopic (exact) mass is 470 g/mol. The molecule has 6 nitrogen and oxygen atoms in total. The molecule has 0 bridgehead atoms. The number of unbranched alkanes of at least 4 members (excludes halogenated alkanes) is 5. The maximum atomic E-state index is 12.2. The van der Waals surface area contributed by atoms with E-state index in [4.69, 9.17) is 14.2 Å². The van der Waals surface area contributed by atoms with E-state index in [1.807, 2.05) is 24.3 Å². The molecule has 0 radical (unpaired) electrons. The highest BCUT2D eigenvalue weighted by Gasteiger charge is 2.10. The predicted octanol–water partition coefficient (Wildman–Crippen LogP) is 6.88. The van der Waals surface area contributed by atoms with E-state index >= 15 is 0 Å². The van der Waals surface area contributed by atoms with Crippen LogP contribution in [0.25, 0.3) is 11.4 Å². The van der Waals surface area contributed by atoms with Crippen LogP contribution in [0.5, 0.6) is 5.75 Å². The summed E-state index contributed by atoms with van der Waals surface area (Å²) in [6.45, 7) is 8.82. The fraction of sp³-hybridized carbons (Fsp3) is 0.607. The summed E-state index contributed by atoms with van der Waals surface area (Å²) in [5.41, 5.74) is 1.21. The van der Waals surface area contributed by atoms with E-state index in [2.05, 4.69) is 30.7 Å². The van der Waals surface area contributed by atoms with Crippen molar-refractivity contribution in [2.75, 3.05) is 26.4 Å². The van der Waals surface area contributed by atoms with Gasteiger partial charge in [-0.1, -0.05) is 65.7 Å². The number of carbonyl (C=O) groups is 1. The summed E-state index contributed by atoms with van der Waals surface area (Å²) in [5.74, 6) is 1.79. The topological polar surface area (TPSA) is 70.5 Å². The van der Waals surface area contributed by atoms with Crippen LogP contribution in [0.4, 0.5) is 0 Å². The number of hydrogen-bond donors (Lipinski definition) is 0. The summed E-state index contributed by atoms with van der Waals surface area (Å²) in [4.78, 5) is 20.8. The number of benzene rings is 1. The van der Waals surface area contributed by atoms with Gasteiger partial charge >= 0.3 is 5.97 Å². The maximum Gasteiger partial charge on any atom is 0.341 e. The van der Waals surface area contributed by atoms with Gasteiger partial charge in [0.2, 0.25) is 0 Å². The first-order valence-electron chi connectivity index (χ1n) is 12.9. The van der Waals surface area contributed by atoms with Gasteiger partial charge in [0.05, 0.1) is 18.8 Å². The second-order valence-corrected chi connectivity index (χ2v) is 8.84. The summed E-state index contributed by atoms with van der Waals surface area (Å²) in [5, 5.41) is 0. The molecule has 6 heteroatoms. The van der Waals surface area contributed by atoms with Crippen molar-refractivity contribution in [3.63, 3.8) is 0 Å². The predicted molar refractivity (Wildman–Crippen MR) is 136 cm³/mol. The highest BCUT2D eigenvalue weighted by atomic mass is 16.6. The van der Waals surface area contributed by atoms with E-state index in [0.717, 1.165) is 36.7 Å². The second-order valence-electron chi connectivity index (χ2n) is 8.84. The Balaban J connectivity index is 1.67. The molecule has 188 valence electrons. The van der Waals surface area contributed by atoms with Crippen molar-refractivity contribution in [1.82, 2.24) is 9.97 Å². The fourth-order valence-corrected chi connectivity index (χ4v) is 3.46. The van der Waals surface area contributed by atoms with Crippen molar-refractivity contribution >= 4 is 5.97 Å². The lowest BCUT2D eigenvalue weighted by molar-refractivity contribution is 0.0311. The molecule has 2 aromatic rings. The molecule has 1 unspecified atom stereocenters. The van der Waals surface area contributed by atoms with Crippen LogP contribution in [0, 0.1) is 5.92 Å². The molecule has 0 amide bonds. The van der Waals surface area contributed by atoms with E-state index < -0.39 is 5.97 Å². The quantitative estimate of drug-likeness (QED) is 0.175. The molecular formula is C28H42N2O4. The van der Waals surface area contributed by atoms with Crippen LogP contribution in [0.15, 0.2) is 36.7 Å². The van der Waals surface area contributed by atoms with Gasteiger partial charge < -0.3 is 14.2 Å². The van der Waals surface area contributed by atoms with Crippen molar-refractivity contribution < 1.29 is 19.0 Å². The zero-order chi connectivity index (χ0) is 24.4. The molecule has 0 aliphatic heterocycles. The van der Waals surface area contributed by atoms with Crippen molar-refractivity contribution in [1.29, 1.82) is 0 Å². The van der Waals surface area contributed by atoms with Crippen LogP contribution in [0.1, 0.15) is 88.9 Å². The zero-order valence-corrected chi connectivity index (χ0v) is 21.3. The smallest absolute Gasteiger partial charge is 0.341 e. The standard InChI is InChI=1S/C28H42N2O4/c1-4-6-7-10-17-32-19-20-34-28(31)25-21-29-27(30-22-25)24-13-15-26(16-14-24)33-18-11-8-9-12-23(3)5-2/h13-16,21-23H,4-12,17-20H2,1-3H3. The summed E-state index contributed by atoms with van der Waals surface area (Å²) in [6, 6.07) is 7.73. The third-order valence-corrected chi connectivity index (χ3v) is 5.91. The van der Waals surface area contributed by atoms with Crippen molar-refractivity contribution in [3.05, 3.63) is 42.2 Å². The molecule has 0 saturated carbocycles. The summed E-state index contributed by atoms with van der Waals surface area (Å²) in [6.07, 6.45) is 13.8. The highest BCUT2D eigenvalue weighted by Crippen LogP contribution is 2.20. The Kier molecular flexibility index (Phi) is 13.9. The van der Waals surface area contributed by atoms with Gasteiger partial charge in [-0.15, -0.1) is 0 Å². The lowest BCUT2D eigenvalue weighted by Gasteiger charge is -2.09. The van der Waals surface area contributed by atoms with Gasteiger partial charge in [-0.2, -0.15) is 0 Å². The number of carbonyl (C=O) groups excluding carboxylic acids is 1. The van der Waals surface area contributed by atoms with E-state index in [9.17, 15) is 4.79 Å². The number of nitrogens with zero attached hydrogens (tertiary/aromatic N) is 2. The van der Waals surface area contributed by atoms with Gasteiger partial charge in [0.1, 0.15) is 12.4 Å². The van der Waals surface area contributed by atoms with Gasteiger partial charge in [-0.3, -0.25) is 0 Å². The van der Waals surface area contributed by atoms with Crippen LogP contribution in [-0.4, -0.2) is 42.4 Å². The van der Waals surface area contributed by atoms with Gasteiger partial charge in [-0.05, 0) is 43.0 Å². The first kappa shape index (κ1) is 27.8. The van der Waals surface area contributed by atoms with Gasteiger partial charge in [-0.25, -0.2) is 14.8 Å². The number of rotatable bonds is 18. The molecule has 1 aromatic heterocycles. The summed E-state index contributed by atoms with van der Waals surface area (Å²) >= 11 is 0. The third-order valence-electron chi connectivity index (χ3n) is 5.91. The summed E-state index contributed by atoms with van der Waals surface area (Å²) < 4.78 is 16.6. The van der Waals surface area contributed by atoms with Gasteiger partial charge in [0.25, 0.3) is 0 Å². The Morgan fingerprint density at radius 2 is 1.56 bits per heavy atom. The average molecular weight is 471 g/mol. The number of aromatic nitrogens is 2. The number of esters is 1. The molecule has 0 N–H and O–H groups in total. The first-order valence-corrected chi connectivity index (χ1v) is 12.9. The first-order chi connectivity index (χ1) is 16.6. The van der Waals surface area contributed by atoms with Crippen LogP contribution >= 0.6 is 0 Å². The largest absolute Gasteiger partial charge is 0.494 e. The Morgan fingerprint density at radius 3 is 2.26 bits per heavy atom. The van der Waals surface area contributed by atoms with Crippen LogP contribution in [-0.2, 0) is 9.47 Å². The number of ether oxygens (including phenoxy) is 3. The Morgan fingerprint density at radius 1 is 0.853 bits per heavy atom. The molecule has 1 atom stereocenters. The second kappa shape index (κ2) is 17.0. The molecular weight excluding hydrogens is 428 g/mol.